The van der Waals surface area contributed by atoms with Gasteiger partial charge < -0.3 is 15.7 Å². The van der Waals surface area contributed by atoms with Crippen molar-refractivity contribution in [2.75, 3.05) is 13.1 Å². The molecule has 0 aliphatic carbocycles. The lowest BCUT2D eigenvalue weighted by Crippen LogP contribution is -2.38. The fourth-order valence-corrected chi connectivity index (χ4v) is 1.15. The van der Waals surface area contributed by atoms with Gasteiger partial charge in [-0.05, 0) is 26.2 Å². The van der Waals surface area contributed by atoms with Crippen LogP contribution >= 0.6 is 0 Å². The number of carbonyl (C=O) groups is 2. The number of hydrogen-bond acceptors (Lipinski definition) is 2. The lowest BCUT2D eigenvalue weighted by molar-refractivity contribution is -0.137. The normalized spacial score (nSPS) is 11.5. The highest BCUT2D eigenvalue weighted by Crippen LogP contribution is 2.03. The minimum atomic E-state index is -0.801. The molecule has 0 aromatic heterocycles. The molecule has 98 valence electrons. The second-order valence-corrected chi connectivity index (χ2v) is 4.41. The highest BCUT2D eigenvalue weighted by atomic mass is 16.4. The number of hydrogen-bond donors (Lipinski definition) is 3. The van der Waals surface area contributed by atoms with Gasteiger partial charge in [0, 0.05) is 19.5 Å². The third kappa shape index (κ3) is 10.8. The lowest BCUT2D eigenvalue weighted by atomic mass is 10.1. The Kier molecular flexibility index (Phi) is 7.84. The number of aliphatic carboxylic acids is 1. The SMILES string of the molecule is CC(C)=CCNC(=O)NCC(C)CCC(=O)O. The van der Waals surface area contributed by atoms with Crippen molar-refractivity contribution in [2.24, 2.45) is 5.92 Å². The molecule has 0 saturated carbocycles. The molecule has 0 heterocycles. The molecule has 0 rings (SSSR count). The number of allylic oxidation sites excluding steroid dienone is 1. The Morgan fingerprint density at radius 3 is 2.47 bits per heavy atom. The van der Waals surface area contributed by atoms with Gasteiger partial charge in [0.15, 0.2) is 0 Å². The van der Waals surface area contributed by atoms with Crippen LogP contribution in [0.2, 0.25) is 0 Å². The Morgan fingerprint density at radius 1 is 1.29 bits per heavy atom. The molecule has 5 nitrogen and oxygen atoms in total. The summed E-state index contributed by atoms with van der Waals surface area (Å²) in [5.41, 5.74) is 1.15. The summed E-state index contributed by atoms with van der Waals surface area (Å²) in [6, 6.07) is -0.218. The molecule has 0 aliphatic heterocycles. The number of carboxylic acids is 1. The molecule has 2 amide bonds. The van der Waals surface area contributed by atoms with Gasteiger partial charge in [0.2, 0.25) is 0 Å². The van der Waals surface area contributed by atoms with E-state index in [0.29, 0.717) is 19.5 Å². The first-order valence-corrected chi connectivity index (χ1v) is 5.78. The van der Waals surface area contributed by atoms with E-state index >= 15 is 0 Å². The van der Waals surface area contributed by atoms with Gasteiger partial charge in [-0.15, -0.1) is 0 Å². The van der Waals surface area contributed by atoms with E-state index in [2.05, 4.69) is 10.6 Å². The summed E-state index contributed by atoms with van der Waals surface area (Å²) in [6.45, 7) is 6.85. The highest BCUT2D eigenvalue weighted by Gasteiger charge is 2.06. The summed E-state index contributed by atoms with van der Waals surface area (Å²) >= 11 is 0. The predicted octanol–water partition coefficient (Wildman–Crippen LogP) is 1.75. The van der Waals surface area contributed by atoms with E-state index in [0.717, 1.165) is 5.57 Å². The molecule has 0 aromatic carbocycles. The van der Waals surface area contributed by atoms with Crippen LogP contribution in [0.3, 0.4) is 0 Å². The van der Waals surface area contributed by atoms with Crippen molar-refractivity contribution >= 4 is 12.0 Å². The van der Waals surface area contributed by atoms with Gasteiger partial charge >= 0.3 is 12.0 Å². The largest absolute Gasteiger partial charge is 0.481 e. The first-order valence-electron chi connectivity index (χ1n) is 5.78. The Hall–Kier alpha value is -1.52. The van der Waals surface area contributed by atoms with Crippen LogP contribution in [-0.4, -0.2) is 30.2 Å². The standard InChI is InChI=1S/C12H22N2O3/c1-9(2)6-7-13-12(17)14-8-10(3)4-5-11(15)16/h6,10H,4-5,7-8H2,1-3H3,(H,15,16)(H2,13,14,17). The summed E-state index contributed by atoms with van der Waals surface area (Å²) in [7, 11) is 0. The summed E-state index contributed by atoms with van der Waals surface area (Å²) in [6.07, 6.45) is 2.64. The summed E-state index contributed by atoms with van der Waals surface area (Å²) < 4.78 is 0. The third-order valence-electron chi connectivity index (χ3n) is 2.24. The van der Waals surface area contributed by atoms with Gasteiger partial charge in [0.1, 0.15) is 0 Å². The van der Waals surface area contributed by atoms with E-state index in [-0.39, 0.29) is 18.4 Å². The summed E-state index contributed by atoms with van der Waals surface area (Å²) in [5, 5.41) is 13.9. The Balaban J connectivity index is 3.62. The monoisotopic (exact) mass is 242 g/mol. The zero-order valence-electron chi connectivity index (χ0n) is 10.7. The maximum atomic E-state index is 11.3. The molecule has 3 N–H and O–H groups in total. The number of carbonyl (C=O) groups excluding carboxylic acids is 1. The highest BCUT2D eigenvalue weighted by molar-refractivity contribution is 5.73. The Morgan fingerprint density at radius 2 is 1.94 bits per heavy atom. The van der Waals surface area contributed by atoms with Crippen LogP contribution in [0.25, 0.3) is 0 Å². The van der Waals surface area contributed by atoms with Gasteiger partial charge in [-0.25, -0.2) is 4.79 Å². The molecule has 0 saturated heterocycles. The van der Waals surface area contributed by atoms with Crippen LogP contribution in [0.1, 0.15) is 33.6 Å². The first-order chi connectivity index (χ1) is 7.91. The number of nitrogens with one attached hydrogen (secondary N) is 2. The second-order valence-electron chi connectivity index (χ2n) is 4.41. The van der Waals surface area contributed by atoms with Crippen LogP contribution in [0, 0.1) is 5.92 Å². The van der Waals surface area contributed by atoms with Crippen molar-refractivity contribution in [1.29, 1.82) is 0 Å². The molecule has 0 radical (unpaired) electrons. The van der Waals surface area contributed by atoms with Crippen LogP contribution in [-0.2, 0) is 4.79 Å². The van der Waals surface area contributed by atoms with Crippen molar-refractivity contribution in [3.63, 3.8) is 0 Å². The topological polar surface area (TPSA) is 78.4 Å². The van der Waals surface area contributed by atoms with Crippen molar-refractivity contribution in [2.45, 2.75) is 33.6 Å². The van der Waals surface area contributed by atoms with E-state index in [1.54, 1.807) is 0 Å². The predicted molar refractivity (Wildman–Crippen MR) is 66.9 cm³/mol. The van der Waals surface area contributed by atoms with Crippen LogP contribution < -0.4 is 10.6 Å². The van der Waals surface area contributed by atoms with Crippen molar-refractivity contribution in [1.82, 2.24) is 10.6 Å². The molecular weight excluding hydrogens is 220 g/mol. The molecular formula is C12H22N2O3. The van der Waals surface area contributed by atoms with Gasteiger partial charge in [-0.2, -0.15) is 0 Å². The molecule has 0 bridgehead atoms. The molecule has 0 fully saturated rings. The molecule has 0 aliphatic rings. The summed E-state index contributed by atoms with van der Waals surface area (Å²) in [5.74, 6) is -0.634. The van der Waals surface area contributed by atoms with E-state index in [1.165, 1.54) is 0 Å². The average Bonchev–Trinajstić information content (AvgIpc) is 2.23. The van der Waals surface area contributed by atoms with E-state index < -0.39 is 5.97 Å². The maximum Gasteiger partial charge on any atom is 0.315 e. The number of rotatable bonds is 7. The molecule has 0 aromatic rings. The minimum Gasteiger partial charge on any atom is -0.481 e. The minimum absolute atomic E-state index is 0.141. The van der Waals surface area contributed by atoms with Gasteiger partial charge in [0.05, 0.1) is 0 Å². The molecule has 17 heavy (non-hydrogen) atoms. The number of urea groups is 1. The number of carboxylic acid groups (broad SMARTS) is 1. The van der Waals surface area contributed by atoms with Gasteiger partial charge in [-0.1, -0.05) is 18.6 Å². The van der Waals surface area contributed by atoms with Crippen molar-refractivity contribution in [3.05, 3.63) is 11.6 Å². The van der Waals surface area contributed by atoms with Gasteiger partial charge in [0.25, 0.3) is 0 Å². The van der Waals surface area contributed by atoms with E-state index in [4.69, 9.17) is 5.11 Å². The van der Waals surface area contributed by atoms with Crippen LogP contribution in [0.5, 0.6) is 0 Å². The average molecular weight is 242 g/mol. The summed E-state index contributed by atoms with van der Waals surface area (Å²) in [4.78, 5) is 21.6. The third-order valence-corrected chi connectivity index (χ3v) is 2.24. The fraction of sp³-hybridized carbons (Fsp3) is 0.667. The Bertz CT molecular complexity index is 283. The quantitative estimate of drug-likeness (QED) is 0.595. The second kappa shape index (κ2) is 8.61. The van der Waals surface area contributed by atoms with Crippen LogP contribution in [0.4, 0.5) is 4.79 Å². The molecule has 5 heteroatoms. The van der Waals surface area contributed by atoms with Gasteiger partial charge in [-0.3, -0.25) is 4.79 Å². The molecule has 0 spiro atoms. The zero-order valence-corrected chi connectivity index (χ0v) is 10.7. The van der Waals surface area contributed by atoms with Crippen molar-refractivity contribution in [3.8, 4) is 0 Å². The smallest absolute Gasteiger partial charge is 0.315 e. The Labute approximate surface area is 102 Å². The van der Waals surface area contributed by atoms with Crippen molar-refractivity contribution < 1.29 is 14.7 Å². The first kappa shape index (κ1) is 15.5. The number of amides is 2. The maximum absolute atomic E-state index is 11.3. The lowest BCUT2D eigenvalue weighted by Gasteiger charge is -2.11. The van der Waals surface area contributed by atoms with Crippen LogP contribution in [0.15, 0.2) is 11.6 Å². The molecule has 1 unspecified atom stereocenters. The molecule has 1 atom stereocenters. The zero-order chi connectivity index (χ0) is 13.3. The van der Waals surface area contributed by atoms with E-state index in [9.17, 15) is 9.59 Å². The fourth-order valence-electron chi connectivity index (χ4n) is 1.15. The van der Waals surface area contributed by atoms with E-state index in [1.807, 2.05) is 26.8 Å².